The zero-order chi connectivity index (χ0) is 96.4. The monoisotopic (exact) mass is 1920 g/mol. The summed E-state index contributed by atoms with van der Waals surface area (Å²) in [5.41, 5.74) is 11.9. The molecule has 0 amide bonds. The van der Waals surface area contributed by atoms with Crippen molar-refractivity contribution in [2.75, 3.05) is 67.9 Å². The zero-order valence-corrected chi connectivity index (χ0v) is 76.7. The standard InChI is InChI=1S/C92H84N26O15S4/c1-57-46-61(16-36-77(57)113-109-68-21-17-66(18-22-68)105-107-70-25-32-75(33-26-70)135(122,123)124)50-87-97-88(52-62-47-58(2)82(55-84(62)131-5)118-116-80-39-31-74(54-86(80)137(128,129)130)112-104-65-14-10-7-11-15-65)99-89(98-87)93-40-42-132-44-45-133-43-41-94-90-100-91(95-72-29-37-78(59(3)48-72)114-115-79-38-30-73(53-85(79)134(120)121)111-103-64-12-8-6-9-13-64)102-92(101-90)96-83-49-60(4)81(51-63(83)56-119)117-110-69-23-19-67(20-24-69)106-108-71-27-34-76(35-28-71)136(125,126)127/h6-39,46-49,51,53-55,119H,40-45,50,52,56H2,1-5H3,(H,120,121)(H,122,123,124)(H,125,126,127)(H,128,129,130)(H,93,97,98,99)(H3,94,95,96,100,101,102). The van der Waals surface area contributed by atoms with Gasteiger partial charge < -0.3 is 45.1 Å². The second-order valence-electron chi connectivity index (χ2n) is 29.8. The van der Waals surface area contributed by atoms with Crippen LogP contribution in [0.5, 0.6) is 5.75 Å². The molecule has 0 saturated carbocycles. The van der Waals surface area contributed by atoms with Crippen molar-refractivity contribution in [3.05, 3.63) is 305 Å². The molecule has 0 saturated heterocycles. The van der Waals surface area contributed by atoms with Crippen molar-refractivity contribution in [2.24, 2.45) is 81.8 Å². The van der Waals surface area contributed by atoms with Crippen LogP contribution in [-0.4, -0.2) is 129 Å². The smallest absolute Gasteiger partial charge is 0.296 e. The van der Waals surface area contributed by atoms with E-state index in [1.54, 1.807) is 134 Å². The van der Waals surface area contributed by atoms with Crippen LogP contribution >= 0.6 is 0 Å². The zero-order valence-electron chi connectivity index (χ0n) is 73.4. The van der Waals surface area contributed by atoms with Crippen LogP contribution in [0.3, 0.4) is 0 Å². The second-order valence-corrected chi connectivity index (χ2v) is 34.9. The highest BCUT2D eigenvalue weighted by atomic mass is 32.2. The van der Waals surface area contributed by atoms with Gasteiger partial charge in [-0.25, -0.2) is 9.19 Å². The first kappa shape index (κ1) is 97.2. The molecular weight excluding hydrogens is 1840 g/mol. The molecule has 41 nitrogen and oxygen atoms in total. The predicted octanol–water partition coefficient (Wildman–Crippen LogP) is 23.7. The first-order valence-corrected chi connectivity index (χ1v) is 46.9. The Labute approximate surface area is 787 Å². The Bertz CT molecular complexity index is 7370. The number of nitrogens with one attached hydrogen (secondary N) is 4. The molecule has 9 N–H and O–H groups in total. The SMILES string of the molecule is COc1cc(N=Nc2ccc(N=Nc3ccccc3)cc2S(=O)(=O)O)c(C)cc1Cc1nc(Cc2ccc(N=Nc3ccc(N=Nc4ccc(S(=O)(=O)O)cc4)cc3)c(C)c2)nc(NCCOCCOCCNc2nc(Nc3ccc(N=Nc4ccc(N=Nc5ccccc5)cc4S(=O)O)c(C)c3)nc(Nc3cc(C)c(N=Nc4ccc(N=Nc5ccc(S(=O)(=O)O)cc5)cc4)cc3CO)n2)n1. The molecule has 0 aliphatic rings. The Morgan fingerprint density at radius 3 is 1.24 bits per heavy atom. The van der Waals surface area contributed by atoms with Gasteiger partial charge in [0.1, 0.15) is 33.7 Å². The molecule has 1 unspecified atom stereocenters. The summed E-state index contributed by atoms with van der Waals surface area (Å²) in [5, 5.41) is 92.4. The molecule has 0 aliphatic carbocycles. The van der Waals surface area contributed by atoms with Crippen LogP contribution in [0, 0.1) is 27.7 Å². The van der Waals surface area contributed by atoms with Crippen LogP contribution < -0.4 is 26.0 Å². The van der Waals surface area contributed by atoms with Crippen molar-refractivity contribution in [3.8, 4) is 5.75 Å². The summed E-state index contributed by atoms with van der Waals surface area (Å²) in [6.07, 6.45) is 0.417. The van der Waals surface area contributed by atoms with Gasteiger partial charge in [0, 0.05) is 54.5 Å². The fourth-order valence-corrected chi connectivity index (χ4v) is 14.9. The molecule has 45 heteroatoms. The number of aliphatic hydroxyl groups excluding tert-OH is 1. The fourth-order valence-electron chi connectivity index (χ4n) is 12.8. The Hall–Kier alpha value is -15.8. The lowest BCUT2D eigenvalue weighted by atomic mass is 10.0. The van der Waals surface area contributed by atoms with E-state index in [-0.39, 0.29) is 108 Å². The molecular formula is C92H84N26O15S4. The van der Waals surface area contributed by atoms with E-state index in [0.29, 0.717) is 131 Å². The molecule has 1 atom stereocenters. The van der Waals surface area contributed by atoms with Gasteiger partial charge in [-0.15, -0.1) is 10.2 Å². The number of aromatic nitrogens is 6. The Morgan fingerprint density at radius 1 is 0.343 bits per heavy atom. The highest BCUT2D eigenvalue weighted by molar-refractivity contribution is 7.86. The lowest BCUT2D eigenvalue weighted by Gasteiger charge is -2.15. The molecule has 137 heavy (non-hydrogen) atoms. The highest BCUT2D eigenvalue weighted by Crippen LogP contribution is 2.39. The topological polar surface area (TPSA) is 572 Å². The molecule has 696 valence electrons. The van der Waals surface area contributed by atoms with Crippen LogP contribution in [-0.2, 0) is 70.4 Å². The number of nitrogens with zero attached hydrogens (tertiary/aromatic N) is 22. The number of azo groups is 8. The van der Waals surface area contributed by atoms with Crippen LogP contribution in [0.25, 0.3) is 0 Å². The largest absolute Gasteiger partial charge is 0.496 e. The summed E-state index contributed by atoms with van der Waals surface area (Å²) in [7, 11) is -12.0. The number of rotatable bonds is 41. The predicted molar refractivity (Wildman–Crippen MR) is 511 cm³/mol. The summed E-state index contributed by atoms with van der Waals surface area (Å²) in [4.78, 5) is 27.7. The van der Waals surface area contributed by atoms with Crippen LogP contribution in [0.2, 0.25) is 0 Å². The lowest BCUT2D eigenvalue weighted by molar-refractivity contribution is 0.0556. The van der Waals surface area contributed by atoms with Gasteiger partial charge in [-0.05, 0) is 256 Å². The number of ether oxygens (including phenoxy) is 3. The molecule has 14 aromatic rings. The van der Waals surface area contributed by atoms with Crippen LogP contribution in [0.1, 0.15) is 50.6 Å². The van der Waals surface area contributed by atoms with Gasteiger partial charge in [0.05, 0.1) is 134 Å². The average molecular weight is 1920 g/mol. The molecule has 14 rings (SSSR count). The summed E-state index contributed by atoms with van der Waals surface area (Å²) in [6.45, 7) is 8.17. The van der Waals surface area contributed by atoms with Crippen LogP contribution in [0.4, 0.5) is 126 Å². The molecule has 2 aromatic heterocycles. The average Bonchev–Trinajstić information content (AvgIpc) is 0.806. The minimum atomic E-state index is -4.80. The molecule has 0 spiro atoms. The Balaban J connectivity index is 0.636. The molecule has 0 fully saturated rings. The van der Waals surface area contributed by atoms with Gasteiger partial charge in [-0.2, -0.15) is 122 Å². The van der Waals surface area contributed by atoms with E-state index in [1.807, 2.05) is 69.3 Å². The van der Waals surface area contributed by atoms with E-state index in [2.05, 4.69) is 103 Å². The van der Waals surface area contributed by atoms with Crippen LogP contribution in [0.15, 0.2) is 356 Å². The third kappa shape index (κ3) is 28.4. The number of aliphatic hydroxyl groups is 1. The van der Waals surface area contributed by atoms with E-state index in [4.69, 9.17) is 44.1 Å². The third-order valence-corrected chi connectivity index (χ3v) is 23.0. The van der Waals surface area contributed by atoms with Gasteiger partial charge in [0.15, 0.2) is 11.1 Å². The minimum Gasteiger partial charge on any atom is -0.496 e. The third-order valence-electron chi connectivity index (χ3n) is 19.7. The quantitative estimate of drug-likeness (QED) is 0.00743. The first-order chi connectivity index (χ1) is 66.0. The van der Waals surface area contributed by atoms with Gasteiger partial charge in [0.25, 0.3) is 30.4 Å². The van der Waals surface area contributed by atoms with Crippen molar-refractivity contribution in [1.29, 1.82) is 0 Å². The van der Waals surface area contributed by atoms with Crippen molar-refractivity contribution in [3.63, 3.8) is 0 Å². The molecule has 0 radical (unpaired) electrons. The number of methoxy groups -OCH3 is 1. The second kappa shape index (κ2) is 45.7. The Kier molecular flexibility index (Phi) is 32.5. The molecule has 0 bridgehead atoms. The Morgan fingerprint density at radius 2 is 0.737 bits per heavy atom. The van der Waals surface area contributed by atoms with Gasteiger partial charge in [-0.1, -0.05) is 48.5 Å². The van der Waals surface area contributed by atoms with E-state index >= 15 is 0 Å². The van der Waals surface area contributed by atoms with Gasteiger partial charge in [-0.3, -0.25) is 13.7 Å². The summed E-state index contributed by atoms with van der Waals surface area (Å²) < 4.78 is 141. The van der Waals surface area contributed by atoms with E-state index in [0.717, 1.165) is 17.2 Å². The maximum atomic E-state index is 12.7. The van der Waals surface area contributed by atoms with Crippen molar-refractivity contribution in [1.82, 2.24) is 29.9 Å². The van der Waals surface area contributed by atoms with Crippen molar-refractivity contribution >= 4 is 168 Å². The highest BCUT2D eigenvalue weighted by Gasteiger charge is 2.22. The van der Waals surface area contributed by atoms with E-state index in [9.17, 15) is 52.8 Å². The number of hydrogen-bond acceptors (Lipinski definition) is 37. The van der Waals surface area contributed by atoms with E-state index in [1.165, 1.54) is 79.9 Å². The van der Waals surface area contributed by atoms with Crippen molar-refractivity contribution < 1.29 is 67.0 Å². The summed E-state index contributed by atoms with van der Waals surface area (Å²) in [6, 6.07) is 68.3. The van der Waals surface area contributed by atoms with E-state index < -0.39 is 52.9 Å². The number of aryl methyl sites for hydroxylation is 4. The number of benzene rings is 12. The summed E-state index contributed by atoms with van der Waals surface area (Å²) >= 11 is -2.44. The number of hydrogen-bond donors (Lipinski definition) is 9. The normalized spacial score (nSPS) is 12.4. The lowest BCUT2D eigenvalue weighted by Crippen LogP contribution is -2.17. The minimum absolute atomic E-state index is 0.0167. The number of anilines is 6. The summed E-state index contributed by atoms with van der Waals surface area (Å²) in [5.74, 6) is 1.77. The molecule has 12 aromatic carbocycles. The fraction of sp³-hybridized carbons (Fsp3) is 0.152. The van der Waals surface area contributed by atoms with Gasteiger partial charge >= 0.3 is 0 Å². The maximum Gasteiger partial charge on any atom is 0.296 e. The van der Waals surface area contributed by atoms with Gasteiger partial charge in [0.2, 0.25) is 23.8 Å². The van der Waals surface area contributed by atoms with Crippen molar-refractivity contribution in [2.45, 2.75) is 66.7 Å². The molecule has 0 aliphatic heterocycles. The molecule has 2 heterocycles. The maximum absolute atomic E-state index is 12.7. The first-order valence-electron chi connectivity index (χ1n) is 41.5.